The summed E-state index contributed by atoms with van der Waals surface area (Å²) in [5.74, 6) is 1.23. The van der Waals surface area contributed by atoms with Crippen molar-refractivity contribution in [2.75, 3.05) is 25.9 Å². The number of hydrogen-bond acceptors (Lipinski definition) is 5. The second-order valence-corrected chi connectivity index (χ2v) is 6.19. The number of carbonyl (C=O) groups is 1. The predicted molar refractivity (Wildman–Crippen MR) is 80.6 cm³/mol. The molecule has 0 radical (unpaired) electrons. The van der Waals surface area contributed by atoms with Crippen molar-refractivity contribution >= 4 is 17.7 Å². The summed E-state index contributed by atoms with van der Waals surface area (Å²) >= 11 is 1.68. The topological polar surface area (TPSA) is 49.3 Å². The SMILES string of the molecule is CCCSc1ncc(CN2CCN(C)C(=O)[C@H]2C)cn1. The number of piperazine rings is 1. The lowest BCUT2D eigenvalue weighted by Gasteiger charge is -2.37. The number of amides is 1. The number of hydrogen-bond donors (Lipinski definition) is 0. The fourth-order valence-corrected chi connectivity index (χ4v) is 2.84. The van der Waals surface area contributed by atoms with Crippen LogP contribution >= 0.6 is 11.8 Å². The molecule has 1 fully saturated rings. The van der Waals surface area contributed by atoms with Gasteiger partial charge in [0.2, 0.25) is 5.91 Å². The molecule has 1 aliphatic heterocycles. The van der Waals surface area contributed by atoms with Gasteiger partial charge in [0.15, 0.2) is 5.16 Å². The van der Waals surface area contributed by atoms with Gasteiger partial charge in [0.05, 0.1) is 6.04 Å². The van der Waals surface area contributed by atoms with Crippen LogP contribution in [-0.2, 0) is 11.3 Å². The van der Waals surface area contributed by atoms with E-state index in [9.17, 15) is 4.79 Å². The lowest BCUT2D eigenvalue weighted by molar-refractivity contribution is -0.139. The Hall–Kier alpha value is -1.14. The summed E-state index contributed by atoms with van der Waals surface area (Å²) in [6, 6.07) is -0.0668. The Bertz CT molecular complexity index is 451. The van der Waals surface area contributed by atoms with Crippen molar-refractivity contribution in [3.63, 3.8) is 0 Å². The van der Waals surface area contributed by atoms with Crippen LogP contribution in [0, 0.1) is 0 Å². The summed E-state index contributed by atoms with van der Waals surface area (Å²) in [4.78, 5) is 24.7. The van der Waals surface area contributed by atoms with E-state index in [-0.39, 0.29) is 11.9 Å². The molecule has 0 bridgehead atoms. The molecule has 0 N–H and O–H groups in total. The first-order chi connectivity index (χ1) is 9.61. The lowest BCUT2D eigenvalue weighted by atomic mass is 10.1. The molecule has 5 nitrogen and oxygen atoms in total. The van der Waals surface area contributed by atoms with Gasteiger partial charge in [0, 0.05) is 50.4 Å². The van der Waals surface area contributed by atoms with E-state index in [1.807, 2.05) is 26.4 Å². The largest absolute Gasteiger partial charge is 0.343 e. The van der Waals surface area contributed by atoms with Gasteiger partial charge in [-0.1, -0.05) is 18.7 Å². The molecule has 1 atom stereocenters. The van der Waals surface area contributed by atoms with Crippen LogP contribution < -0.4 is 0 Å². The number of nitrogens with zero attached hydrogens (tertiary/aromatic N) is 4. The van der Waals surface area contributed by atoms with E-state index in [0.717, 1.165) is 42.5 Å². The minimum atomic E-state index is -0.0668. The standard InChI is InChI=1S/C14H22N4OS/c1-4-7-20-14-15-8-12(9-16-14)10-18-6-5-17(3)13(19)11(18)2/h8-9,11H,4-7,10H2,1-3H3/t11-/m1/s1. The average molecular weight is 294 g/mol. The maximum absolute atomic E-state index is 11.9. The Morgan fingerprint density at radius 2 is 2.05 bits per heavy atom. The van der Waals surface area contributed by atoms with Gasteiger partial charge in [-0.2, -0.15) is 0 Å². The van der Waals surface area contributed by atoms with Crippen LogP contribution in [0.15, 0.2) is 17.6 Å². The fourth-order valence-electron chi connectivity index (χ4n) is 2.20. The first-order valence-corrected chi connectivity index (χ1v) is 8.03. The first-order valence-electron chi connectivity index (χ1n) is 7.04. The van der Waals surface area contributed by atoms with Gasteiger partial charge >= 0.3 is 0 Å². The van der Waals surface area contributed by atoms with Crippen molar-refractivity contribution in [1.29, 1.82) is 0 Å². The molecular weight excluding hydrogens is 272 g/mol. The fraction of sp³-hybridized carbons (Fsp3) is 0.643. The van der Waals surface area contributed by atoms with E-state index in [0.29, 0.717) is 0 Å². The molecule has 0 aromatic carbocycles. The molecule has 0 spiro atoms. The molecule has 6 heteroatoms. The Morgan fingerprint density at radius 1 is 1.35 bits per heavy atom. The molecule has 110 valence electrons. The summed E-state index contributed by atoms with van der Waals surface area (Å²) < 4.78 is 0. The minimum absolute atomic E-state index is 0.0668. The van der Waals surface area contributed by atoms with Crippen LogP contribution in [0.2, 0.25) is 0 Å². The van der Waals surface area contributed by atoms with Gasteiger partial charge in [0.25, 0.3) is 0 Å². The summed E-state index contributed by atoms with van der Waals surface area (Å²) in [5, 5.41) is 0.832. The summed E-state index contributed by atoms with van der Waals surface area (Å²) in [6.07, 6.45) is 4.87. The minimum Gasteiger partial charge on any atom is -0.343 e. The van der Waals surface area contributed by atoms with Crippen LogP contribution in [0.3, 0.4) is 0 Å². The maximum Gasteiger partial charge on any atom is 0.239 e. The third-order valence-electron chi connectivity index (χ3n) is 3.51. The van der Waals surface area contributed by atoms with Crippen molar-refractivity contribution in [3.05, 3.63) is 18.0 Å². The van der Waals surface area contributed by atoms with Crippen molar-refractivity contribution in [1.82, 2.24) is 19.8 Å². The van der Waals surface area contributed by atoms with E-state index >= 15 is 0 Å². The Balaban J connectivity index is 1.94. The van der Waals surface area contributed by atoms with Gasteiger partial charge in [-0.15, -0.1) is 0 Å². The zero-order chi connectivity index (χ0) is 14.5. The molecule has 20 heavy (non-hydrogen) atoms. The highest BCUT2D eigenvalue weighted by Crippen LogP contribution is 2.16. The molecule has 1 aliphatic rings. The molecule has 2 rings (SSSR count). The van der Waals surface area contributed by atoms with Crippen LogP contribution in [0.25, 0.3) is 0 Å². The third kappa shape index (κ3) is 3.70. The second kappa shape index (κ2) is 7.04. The molecule has 1 aromatic heterocycles. The van der Waals surface area contributed by atoms with Crippen LogP contribution in [-0.4, -0.2) is 57.6 Å². The highest BCUT2D eigenvalue weighted by atomic mass is 32.2. The van der Waals surface area contributed by atoms with Crippen molar-refractivity contribution < 1.29 is 4.79 Å². The van der Waals surface area contributed by atoms with E-state index in [1.165, 1.54) is 0 Å². The molecular formula is C14H22N4OS. The van der Waals surface area contributed by atoms with Crippen LogP contribution in [0.4, 0.5) is 0 Å². The quantitative estimate of drug-likeness (QED) is 0.610. The summed E-state index contributed by atoms with van der Waals surface area (Å²) in [7, 11) is 1.86. The van der Waals surface area contributed by atoms with E-state index in [1.54, 1.807) is 16.7 Å². The average Bonchev–Trinajstić information content (AvgIpc) is 2.47. The molecule has 1 saturated heterocycles. The summed E-state index contributed by atoms with van der Waals surface area (Å²) in [6.45, 7) is 6.53. The second-order valence-electron chi connectivity index (χ2n) is 5.13. The smallest absolute Gasteiger partial charge is 0.239 e. The van der Waals surface area contributed by atoms with Crippen LogP contribution in [0.1, 0.15) is 25.8 Å². The maximum atomic E-state index is 11.9. The Morgan fingerprint density at radius 3 is 2.70 bits per heavy atom. The van der Waals surface area contributed by atoms with Crippen molar-refractivity contribution in [3.8, 4) is 0 Å². The monoisotopic (exact) mass is 294 g/mol. The van der Waals surface area contributed by atoms with Gasteiger partial charge in [-0.3, -0.25) is 9.69 Å². The molecule has 2 heterocycles. The Labute approximate surface area is 124 Å². The molecule has 0 aliphatic carbocycles. The third-order valence-corrected chi connectivity index (χ3v) is 4.59. The molecule has 0 saturated carbocycles. The predicted octanol–water partition coefficient (Wildman–Crippen LogP) is 1.64. The number of aromatic nitrogens is 2. The zero-order valence-corrected chi connectivity index (χ0v) is 13.2. The van der Waals surface area contributed by atoms with Crippen molar-refractivity contribution in [2.45, 2.75) is 38.0 Å². The Kier molecular flexibility index (Phi) is 5.37. The number of likely N-dealkylation sites (N-methyl/N-ethyl adjacent to an activating group) is 1. The number of thioether (sulfide) groups is 1. The molecule has 1 amide bonds. The molecule has 1 aromatic rings. The van der Waals surface area contributed by atoms with Gasteiger partial charge < -0.3 is 4.90 Å². The van der Waals surface area contributed by atoms with Crippen molar-refractivity contribution in [2.24, 2.45) is 0 Å². The first kappa shape index (κ1) is 15.3. The summed E-state index contributed by atoms with van der Waals surface area (Å²) in [5.41, 5.74) is 1.06. The number of rotatable bonds is 5. The van der Waals surface area contributed by atoms with E-state index in [4.69, 9.17) is 0 Å². The van der Waals surface area contributed by atoms with E-state index in [2.05, 4.69) is 21.8 Å². The lowest BCUT2D eigenvalue weighted by Crippen LogP contribution is -2.53. The highest BCUT2D eigenvalue weighted by molar-refractivity contribution is 7.99. The normalized spacial score (nSPS) is 20.4. The zero-order valence-electron chi connectivity index (χ0n) is 12.4. The van der Waals surface area contributed by atoms with Crippen LogP contribution in [0.5, 0.6) is 0 Å². The molecule has 0 unspecified atom stereocenters. The van der Waals surface area contributed by atoms with E-state index < -0.39 is 0 Å². The highest BCUT2D eigenvalue weighted by Gasteiger charge is 2.29. The van der Waals surface area contributed by atoms with Gasteiger partial charge in [-0.25, -0.2) is 9.97 Å². The van der Waals surface area contributed by atoms with Gasteiger partial charge in [0.1, 0.15) is 0 Å². The van der Waals surface area contributed by atoms with Gasteiger partial charge in [-0.05, 0) is 13.3 Å². The number of carbonyl (C=O) groups excluding carboxylic acids is 1.